The Bertz CT molecular complexity index is 836. The molecule has 0 unspecified atom stereocenters. The smallest absolute Gasteiger partial charge is 0.296 e. The van der Waals surface area contributed by atoms with Crippen molar-refractivity contribution >= 4 is 18.0 Å². The quantitative estimate of drug-likeness (QED) is 0.351. The first-order chi connectivity index (χ1) is 13.1. The summed E-state index contributed by atoms with van der Waals surface area (Å²) in [6.45, 7) is 4.46. The number of ether oxygens (including phenoxy) is 2. The number of benzene rings is 1. The minimum Gasteiger partial charge on any atom is -0.493 e. The van der Waals surface area contributed by atoms with Crippen molar-refractivity contribution in [1.29, 1.82) is 0 Å². The first kappa shape index (κ1) is 21.0. The van der Waals surface area contributed by atoms with Crippen molar-refractivity contribution < 1.29 is 9.47 Å². The molecule has 27 heavy (non-hydrogen) atoms. The Kier molecular flexibility index (Phi) is 8.32. The first-order valence-corrected chi connectivity index (χ1v) is 10.2. The van der Waals surface area contributed by atoms with E-state index in [4.69, 9.17) is 9.47 Å². The van der Waals surface area contributed by atoms with Gasteiger partial charge < -0.3 is 9.47 Å². The summed E-state index contributed by atoms with van der Waals surface area (Å²) in [5.41, 5.74) is 0.803. The van der Waals surface area contributed by atoms with Crippen LogP contribution in [0.15, 0.2) is 33.3 Å². The van der Waals surface area contributed by atoms with Gasteiger partial charge in [0.2, 0.25) is 5.16 Å². The molecule has 1 aromatic heterocycles. The van der Waals surface area contributed by atoms with Crippen LogP contribution in [-0.2, 0) is 0 Å². The SMILES string of the molecule is CCCCCCOc1ccc(/C=N\n2c(SC)nnc(C)c2=O)cc1OC. The van der Waals surface area contributed by atoms with Crippen LogP contribution >= 0.6 is 11.8 Å². The topological polar surface area (TPSA) is 78.6 Å². The largest absolute Gasteiger partial charge is 0.493 e. The molecule has 7 nitrogen and oxygen atoms in total. The van der Waals surface area contributed by atoms with E-state index in [-0.39, 0.29) is 5.56 Å². The number of methoxy groups -OCH3 is 1. The molecule has 0 spiro atoms. The summed E-state index contributed by atoms with van der Waals surface area (Å²) in [6.07, 6.45) is 8.02. The molecule has 0 saturated heterocycles. The highest BCUT2D eigenvalue weighted by atomic mass is 32.2. The third-order valence-corrected chi connectivity index (χ3v) is 4.54. The van der Waals surface area contributed by atoms with E-state index in [0.717, 1.165) is 18.4 Å². The van der Waals surface area contributed by atoms with Gasteiger partial charge in [-0.3, -0.25) is 4.79 Å². The lowest BCUT2D eigenvalue weighted by Crippen LogP contribution is -2.23. The van der Waals surface area contributed by atoms with Gasteiger partial charge in [-0.15, -0.1) is 10.2 Å². The molecule has 0 atom stereocenters. The zero-order valence-electron chi connectivity index (χ0n) is 16.3. The molecule has 0 bridgehead atoms. The minimum absolute atomic E-state index is 0.287. The number of nitrogens with zero attached hydrogens (tertiary/aromatic N) is 4. The summed E-state index contributed by atoms with van der Waals surface area (Å²) in [6, 6.07) is 5.56. The van der Waals surface area contributed by atoms with Crippen molar-refractivity contribution in [3.63, 3.8) is 0 Å². The second kappa shape index (κ2) is 10.7. The van der Waals surface area contributed by atoms with Crippen LogP contribution in [0.2, 0.25) is 0 Å². The van der Waals surface area contributed by atoms with Crippen LogP contribution in [0.1, 0.15) is 43.9 Å². The molecule has 0 aliphatic carbocycles. The number of aryl methyl sites for hydroxylation is 1. The predicted octanol–water partition coefficient (Wildman–Crippen LogP) is 3.52. The Labute approximate surface area is 163 Å². The molecule has 2 aromatic rings. The number of rotatable bonds is 10. The predicted molar refractivity (Wildman–Crippen MR) is 108 cm³/mol. The van der Waals surface area contributed by atoms with Crippen molar-refractivity contribution in [3.8, 4) is 11.5 Å². The minimum atomic E-state index is -0.287. The van der Waals surface area contributed by atoms with Crippen molar-refractivity contribution in [3.05, 3.63) is 39.8 Å². The Morgan fingerprint density at radius 1 is 1.22 bits per heavy atom. The lowest BCUT2D eigenvalue weighted by molar-refractivity contribution is 0.285. The average Bonchev–Trinajstić information content (AvgIpc) is 2.69. The normalized spacial score (nSPS) is 11.1. The molecule has 0 aliphatic rings. The van der Waals surface area contributed by atoms with Crippen molar-refractivity contribution in [2.24, 2.45) is 5.10 Å². The number of hydrogen-bond acceptors (Lipinski definition) is 7. The second-order valence-corrected chi connectivity index (χ2v) is 6.73. The Balaban J connectivity index is 2.15. The van der Waals surface area contributed by atoms with Crippen molar-refractivity contribution in [2.45, 2.75) is 44.7 Å². The van der Waals surface area contributed by atoms with E-state index in [1.54, 1.807) is 20.2 Å². The third kappa shape index (κ3) is 5.82. The Morgan fingerprint density at radius 3 is 2.74 bits per heavy atom. The molecule has 0 aliphatic heterocycles. The van der Waals surface area contributed by atoms with Gasteiger partial charge in [-0.05, 0) is 43.4 Å². The van der Waals surface area contributed by atoms with E-state index in [1.807, 2.05) is 24.5 Å². The summed E-state index contributed by atoms with van der Waals surface area (Å²) in [5, 5.41) is 12.5. The molecule has 0 fully saturated rings. The zero-order valence-corrected chi connectivity index (χ0v) is 17.1. The van der Waals surface area contributed by atoms with Gasteiger partial charge in [-0.1, -0.05) is 37.9 Å². The Morgan fingerprint density at radius 2 is 2.04 bits per heavy atom. The van der Waals surface area contributed by atoms with Gasteiger partial charge >= 0.3 is 0 Å². The lowest BCUT2D eigenvalue weighted by atomic mass is 10.2. The number of unbranched alkanes of at least 4 members (excludes halogenated alkanes) is 3. The fraction of sp³-hybridized carbons (Fsp3) is 0.474. The van der Waals surface area contributed by atoms with Crippen LogP contribution in [0.4, 0.5) is 0 Å². The van der Waals surface area contributed by atoms with Gasteiger partial charge in [0, 0.05) is 0 Å². The van der Waals surface area contributed by atoms with Crippen LogP contribution in [0.5, 0.6) is 11.5 Å². The third-order valence-electron chi connectivity index (χ3n) is 3.92. The first-order valence-electron chi connectivity index (χ1n) is 8.96. The molecule has 8 heteroatoms. The van der Waals surface area contributed by atoms with Crippen LogP contribution in [0.3, 0.4) is 0 Å². The number of aromatic nitrogens is 3. The molecule has 0 saturated carbocycles. The molecular formula is C19H26N4O3S. The maximum Gasteiger partial charge on any atom is 0.296 e. The van der Waals surface area contributed by atoms with Crippen LogP contribution < -0.4 is 15.0 Å². The van der Waals surface area contributed by atoms with Crippen LogP contribution in [-0.4, -0.2) is 41.1 Å². The van der Waals surface area contributed by atoms with Gasteiger partial charge in [0.25, 0.3) is 5.56 Å². The fourth-order valence-electron chi connectivity index (χ4n) is 2.39. The highest BCUT2D eigenvalue weighted by Gasteiger charge is 2.08. The Hall–Kier alpha value is -2.35. The zero-order chi connectivity index (χ0) is 19.6. The number of thioether (sulfide) groups is 1. The molecule has 0 radical (unpaired) electrons. The maximum absolute atomic E-state index is 12.2. The summed E-state index contributed by atoms with van der Waals surface area (Å²) >= 11 is 1.31. The molecule has 146 valence electrons. The van der Waals surface area contributed by atoms with Crippen LogP contribution in [0, 0.1) is 6.92 Å². The second-order valence-electron chi connectivity index (χ2n) is 5.95. The summed E-state index contributed by atoms with van der Waals surface area (Å²) < 4.78 is 12.5. The molecule has 0 N–H and O–H groups in total. The lowest BCUT2D eigenvalue weighted by Gasteiger charge is -2.11. The van der Waals surface area contributed by atoms with E-state index in [2.05, 4.69) is 22.2 Å². The van der Waals surface area contributed by atoms with Crippen molar-refractivity contribution in [1.82, 2.24) is 14.9 Å². The highest BCUT2D eigenvalue weighted by molar-refractivity contribution is 7.98. The van der Waals surface area contributed by atoms with E-state index < -0.39 is 0 Å². The van der Waals surface area contributed by atoms with Crippen LogP contribution in [0.25, 0.3) is 0 Å². The molecular weight excluding hydrogens is 364 g/mol. The van der Waals surface area contributed by atoms with Gasteiger partial charge in [0.15, 0.2) is 11.5 Å². The van der Waals surface area contributed by atoms with E-state index in [0.29, 0.717) is 29.0 Å². The van der Waals surface area contributed by atoms with Gasteiger partial charge in [0.05, 0.1) is 19.9 Å². The van der Waals surface area contributed by atoms with E-state index in [1.165, 1.54) is 29.3 Å². The average molecular weight is 391 g/mol. The van der Waals surface area contributed by atoms with Gasteiger partial charge in [-0.25, -0.2) is 0 Å². The van der Waals surface area contributed by atoms with E-state index in [9.17, 15) is 4.79 Å². The summed E-state index contributed by atoms with van der Waals surface area (Å²) in [5.74, 6) is 1.34. The maximum atomic E-state index is 12.2. The molecule has 1 aromatic carbocycles. The fourth-order valence-corrected chi connectivity index (χ4v) is 2.82. The van der Waals surface area contributed by atoms with Gasteiger partial charge in [0.1, 0.15) is 5.69 Å². The number of hydrogen-bond donors (Lipinski definition) is 0. The van der Waals surface area contributed by atoms with Gasteiger partial charge in [-0.2, -0.15) is 9.78 Å². The molecule has 2 rings (SSSR count). The monoisotopic (exact) mass is 390 g/mol. The summed E-state index contributed by atoms with van der Waals surface area (Å²) in [4.78, 5) is 12.2. The standard InChI is InChI=1S/C19H26N4O3S/c1-5-6-7-8-11-26-16-10-9-15(12-17(16)25-3)13-20-23-18(24)14(2)21-22-19(23)27-4/h9-10,12-13H,5-8,11H2,1-4H3/b20-13-. The molecule has 0 amide bonds. The van der Waals surface area contributed by atoms with Crippen molar-refractivity contribution in [2.75, 3.05) is 20.0 Å². The van der Waals surface area contributed by atoms with E-state index >= 15 is 0 Å². The summed E-state index contributed by atoms with van der Waals surface area (Å²) in [7, 11) is 1.60. The highest BCUT2D eigenvalue weighted by Crippen LogP contribution is 2.27. The molecule has 1 heterocycles.